The first-order valence-electron chi connectivity index (χ1n) is 12.6. The van der Waals surface area contributed by atoms with E-state index in [0.29, 0.717) is 47.3 Å². The second-order valence-electron chi connectivity index (χ2n) is 8.48. The van der Waals surface area contributed by atoms with E-state index in [2.05, 4.69) is 15.8 Å². The summed E-state index contributed by atoms with van der Waals surface area (Å²) in [5, 5.41) is 6.65. The Balaban J connectivity index is 1.30. The summed E-state index contributed by atoms with van der Waals surface area (Å²) in [5.41, 5.74) is 4.99. The van der Waals surface area contributed by atoms with Crippen LogP contribution in [0.3, 0.4) is 0 Å². The number of rotatable bonds is 12. The van der Waals surface area contributed by atoms with E-state index in [1.54, 1.807) is 42.5 Å². The second kappa shape index (κ2) is 14.1. The molecule has 4 aromatic carbocycles. The molecule has 2 N–H and O–H groups in total. The van der Waals surface area contributed by atoms with Crippen LogP contribution in [0.25, 0.3) is 0 Å². The monoisotopic (exact) mass is 541 g/mol. The lowest BCUT2D eigenvalue weighted by Crippen LogP contribution is -2.20. The first-order chi connectivity index (χ1) is 19.5. The van der Waals surface area contributed by atoms with E-state index in [9.17, 15) is 14.0 Å². The zero-order chi connectivity index (χ0) is 28.2. The maximum Gasteiger partial charge on any atom is 0.271 e. The second-order valence-corrected chi connectivity index (χ2v) is 8.48. The van der Waals surface area contributed by atoms with Crippen LogP contribution in [0.15, 0.2) is 102 Å². The molecule has 4 rings (SSSR count). The number of nitrogens with one attached hydrogen (secondary N) is 2. The van der Waals surface area contributed by atoms with Crippen molar-refractivity contribution in [2.45, 2.75) is 13.5 Å². The average molecular weight is 542 g/mol. The number of hydrazone groups is 1. The van der Waals surface area contributed by atoms with Gasteiger partial charge in [0, 0.05) is 11.3 Å². The molecule has 0 aromatic heterocycles. The smallest absolute Gasteiger partial charge is 0.271 e. The molecule has 8 nitrogen and oxygen atoms in total. The fourth-order valence-electron chi connectivity index (χ4n) is 3.57. The van der Waals surface area contributed by atoms with Gasteiger partial charge in [0.2, 0.25) is 0 Å². The summed E-state index contributed by atoms with van der Waals surface area (Å²) in [6, 6.07) is 27.0. The SMILES string of the molecule is CCOc1cc(C(=O)N/N=C/c2cccc(OCC(=O)Nc3ccc(F)cc3)c2)ccc1OCc1ccccc1. The van der Waals surface area contributed by atoms with Crippen molar-refractivity contribution in [3.8, 4) is 17.2 Å². The zero-order valence-electron chi connectivity index (χ0n) is 21.8. The fraction of sp³-hybridized carbons (Fsp3) is 0.129. The van der Waals surface area contributed by atoms with Crippen molar-refractivity contribution < 1.29 is 28.2 Å². The largest absolute Gasteiger partial charge is 0.490 e. The Kier molecular flexibility index (Phi) is 9.82. The first-order valence-corrected chi connectivity index (χ1v) is 12.6. The van der Waals surface area contributed by atoms with Gasteiger partial charge >= 0.3 is 0 Å². The Morgan fingerprint density at radius 1 is 0.850 bits per heavy atom. The number of carbonyl (C=O) groups excluding carboxylic acids is 2. The van der Waals surface area contributed by atoms with Gasteiger partial charge in [0.05, 0.1) is 12.8 Å². The molecule has 0 aliphatic carbocycles. The molecule has 0 saturated carbocycles. The molecule has 9 heteroatoms. The molecule has 0 unspecified atom stereocenters. The number of hydrogen-bond acceptors (Lipinski definition) is 6. The fourth-order valence-corrected chi connectivity index (χ4v) is 3.57. The van der Waals surface area contributed by atoms with Gasteiger partial charge in [-0.3, -0.25) is 9.59 Å². The predicted octanol–water partition coefficient (Wildman–Crippen LogP) is 5.58. The number of amides is 2. The van der Waals surface area contributed by atoms with Gasteiger partial charge in [-0.1, -0.05) is 42.5 Å². The van der Waals surface area contributed by atoms with Crippen LogP contribution in [-0.2, 0) is 11.4 Å². The molecule has 0 spiro atoms. The minimum Gasteiger partial charge on any atom is -0.490 e. The van der Waals surface area contributed by atoms with Gasteiger partial charge in [-0.05, 0) is 72.6 Å². The van der Waals surface area contributed by atoms with Gasteiger partial charge < -0.3 is 19.5 Å². The van der Waals surface area contributed by atoms with Crippen LogP contribution in [0.5, 0.6) is 17.2 Å². The van der Waals surface area contributed by atoms with E-state index in [1.807, 2.05) is 37.3 Å². The Morgan fingerprint density at radius 3 is 2.42 bits per heavy atom. The highest BCUT2D eigenvalue weighted by molar-refractivity contribution is 5.95. The van der Waals surface area contributed by atoms with E-state index >= 15 is 0 Å². The van der Waals surface area contributed by atoms with Crippen LogP contribution in [0.2, 0.25) is 0 Å². The first kappa shape index (κ1) is 27.8. The number of nitrogens with zero attached hydrogens (tertiary/aromatic N) is 1. The molecule has 0 aliphatic rings. The van der Waals surface area contributed by atoms with Crippen LogP contribution >= 0.6 is 0 Å². The Morgan fingerprint density at radius 2 is 1.65 bits per heavy atom. The molecule has 0 aliphatic heterocycles. The molecule has 204 valence electrons. The molecule has 2 amide bonds. The van der Waals surface area contributed by atoms with E-state index in [1.165, 1.54) is 30.5 Å². The number of ether oxygens (including phenoxy) is 3. The number of benzene rings is 4. The zero-order valence-corrected chi connectivity index (χ0v) is 21.8. The predicted molar refractivity (Wildman–Crippen MR) is 150 cm³/mol. The van der Waals surface area contributed by atoms with E-state index in [4.69, 9.17) is 14.2 Å². The summed E-state index contributed by atoms with van der Waals surface area (Å²) in [4.78, 5) is 24.8. The van der Waals surface area contributed by atoms with Gasteiger partial charge in [0.25, 0.3) is 11.8 Å². The third-order valence-electron chi connectivity index (χ3n) is 5.48. The lowest BCUT2D eigenvalue weighted by molar-refractivity contribution is -0.118. The van der Waals surface area contributed by atoms with Crippen molar-refractivity contribution in [2.75, 3.05) is 18.5 Å². The maximum atomic E-state index is 13.0. The lowest BCUT2D eigenvalue weighted by Gasteiger charge is -2.13. The van der Waals surface area contributed by atoms with Crippen LogP contribution in [0.4, 0.5) is 10.1 Å². The molecular formula is C31H28FN3O5. The normalized spacial score (nSPS) is 10.7. The topological polar surface area (TPSA) is 98.3 Å². The molecular weight excluding hydrogens is 513 g/mol. The summed E-state index contributed by atoms with van der Waals surface area (Å²) >= 11 is 0. The maximum absolute atomic E-state index is 13.0. The Labute approximate surface area is 231 Å². The Bertz CT molecular complexity index is 1460. The van der Waals surface area contributed by atoms with E-state index in [0.717, 1.165) is 5.56 Å². The van der Waals surface area contributed by atoms with Crippen LogP contribution < -0.4 is 25.0 Å². The van der Waals surface area contributed by atoms with Gasteiger partial charge in [0.15, 0.2) is 18.1 Å². The summed E-state index contributed by atoms with van der Waals surface area (Å²) in [6.07, 6.45) is 1.46. The van der Waals surface area contributed by atoms with Crippen molar-refractivity contribution in [1.82, 2.24) is 5.43 Å². The van der Waals surface area contributed by atoms with Crippen molar-refractivity contribution in [3.05, 3.63) is 120 Å². The van der Waals surface area contributed by atoms with Crippen molar-refractivity contribution in [2.24, 2.45) is 5.10 Å². The van der Waals surface area contributed by atoms with Gasteiger partial charge in [-0.25, -0.2) is 9.82 Å². The minimum absolute atomic E-state index is 0.234. The molecule has 0 bridgehead atoms. The third-order valence-corrected chi connectivity index (χ3v) is 5.48. The molecule has 0 heterocycles. The molecule has 40 heavy (non-hydrogen) atoms. The lowest BCUT2D eigenvalue weighted by atomic mass is 10.2. The number of anilines is 1. The van der Waals surface area contributed by atoms with Crippen LogP contribution in [0.1, 0.15) is 28.4 Å². The molecule has 4 aromatic rings. The third kappa shape index (κ3) is 8.42. The molecule has 0 saturated heterocycles. The number of carbonyl (C=O) groups is 2. The van der Waals surface area contributed by atoms with Crippen molar-refractivity contribution in [1.29, 1.82) is 0 Å². The number of halogens is 1. The van der Waals surface area contributed by atoms with Gasteiger partial charge in [0.1, 0.15) is 18.2 Å². The molecule has 0 atom stereocenters. The minimum atomic E-state index is -0.420. The number of hydrogen-bond donors (Lipinski definition) is 2. The summed E-state index contributed by atoms with van der Waals surface area (Å²) in [6.45, 7) is 2.41. The highest BCUT2D eigenvalue weighted by Crippen LogP contribution is 2.29. The van der Waals surface area contributed by atoms with Gasteiger partial charge in [-0.2, -0.15) is 5.10 Å². The Hall–Kier alpha value is -5.18. The average Bonchev–Trinajstić information content (AvgIpc) is 2.97. The van der Waals surface area contributed by atoms with Crippen LogP contribution in [-0.4, -0.2) is 31.2 Å². The van der Waals surface area contributed by atoms with Gasteiger partial charge in [-0.15, -0.1) is 0 Å². The highest BCUT2D eigenvalue weighted by Gasteiger charge is 2.12. The van der Waals surface area contributed by atoms with E-state index < -0.39 is 5.91 Å². The summed E-state index contributed by atoms with van der Waals surface area (Å²) < 4.78 is 30.1. The molecule has 0 fully saturated rings. The summed E-state index contributed by atoms with van der Waals surface area (Å²) in [7, 11) is 0. The van der Waals surface area contributed by atoms with E-state index in [-0.39, 0.29) is 18.3 Å². The van der Waals surface area contributed by atoms with Crippen molar-refractivity contribution >= 4 is 23.7 Å². The summed E-state index contributed by atoms with van der Waals surface area (Å²) in [5.74, 6) is 0.244. The van der Waals surface area contributed by atoms with Crippen LogP contribution in [0, 0.1) is 5.82 Å². The molecule has 0 radical (unpaired) electrons. The standard InChI is InChI=1S/C31H28FN3O5/c1-2-38-29-18-24(11-16-28(29)40-20-22-7-4-3-5-8-22)31(37)35-33-19-23-9-6-10-27(17-23)39-21-30(36)34-26-14-12-25(32)13-15-26/h3-19H,2,20-21H2,1H3,(H,34,36)(H,35,37)/b33-19+. The highest BCUT2D eigenvalue weighted by atomic mass is 19.1. The quantitative estimate of drug-likeness (QED) is 0.180. The van der Waals surface area contributed by atoms with Crippen molar-refractivity contribution in [3.63, 3.8) is 0 Å².